The molecular formula is C19H33B6NO3. The number of fused-ring (bicyclic) bond motifs is 3. The first-order chi connectivity index (χ1) is 13.3. The van der Waals surface area contributed by atoms with Crippen LogP contribution in [0.5, 0.6) is 11.5 Å². The maximum atomic E-state index is 12.9. The van der Waals surface area contributed by atoms with Crippen molar-refractivity contribution in [3.05, 3.63) is 23.3 Å². The van der Waals surface area contributed by atoms with Gasteiger partial charge >= 0.3 is 0 Å². The van der Waals surface area contributed by atoms with Gasteiger partial charge in [-0.3, -0.25) is 9.69 Å². The fraction of sp³-hybridized carbons (Fsp3) is 0.632. The third kappa shape index (κ3) is 5.71. The summed E-state index contributed by atoms with van der Waals surface area (Å²) in [4.78, 5) is 15.4. The summed E-state index contributed by atoms with van der Waals surface area (Å²) in [6, 6.07) is 4.47. The zero-order valence-electron chi connectivity index (χ0n) is 19.6. The van der Waals surface area contributed by atoms with Crippen LogP contribution in [0.2, 0.25) is 0 Å². The third-order valence-corrected chi connectivity index (χ3v) is 5.57. The highest BCUT2D eigenvalue weighted by molar-refractivity contribution is 6.59. The number of nitrogens with zero attached hydrogens (tertiary/aromatic N) is 1. The van der Waals surface area contributed by atoms with Crippen molar-refractivity contribution >= 4 is 52.9 Å². The molecule has 1 aromatic rings. The summed E-state index contributed by atoms with van der Waals surface area (Å²) in [5, 5.41) is -0.612. The Morgan fingerprint density at radius 2 is 1.66 bits per heavy atom. The van der Waals surface area contributed by atoms with Gasteiger partial charge in [0.25, 0.3) is 0 Å². The van der Waals surface area contributed by atoms with Crippen molar-refractivity contribution in [2.75, 3.05) is 13.1 Å². The van der Waals surface area contributed by atoms with Crippen LogP contribution in [0, 0.1) is 11.8 Å². The van der Waals surface area contributed by atoms with E-state index in [1.165, 1.54) is 11.1 Å². The van der Waals surface area contributed by atoms with E-state index in [9.17, 15) is 4.79 Å². The maximum Gasteiger partial charge on any atom is 0.159 e. The molecule has 10 heteroatoms. The van der Waals surface area contributed by atoms with E-state index in [0.717, 1.165) is 37.4 Å². The van der Waals surface area contributed by atoms with Crippen molar-refractivity contribution in [1.82, 2.24) is 4.90 Å². The molecule has 0 N–H and O–H groups in total. The Bertz CT molecular complexity index is 774. The summed E-state index contributed by atoms with van der Waals surface area (Å²) in [6.45, 7) is 6.31. The van der Waals surface area contributed by atoms with Gasteiger partial charge in [-0.05, 0) is 42.0 Å². The highest BCUT2D eigenvalue weighted by Crippen LogP contribution is 2.43. The quantitative estimate of drug-likeness (QED) is 0.487. The van der Waals surface area contributed by atoms with Gasteiger partial charge in [-0.2, -0.15) is 0 Å². The monoisotopic (exact) mass is 389 g/mol. The number of Topliss-reactive ketones (excluding diaryl/α,β-unsaturated/α-hetero) is 1. The Balaban J connectivity index is 1.95. The SMILES string of the molecule is BC(B)(B)Oc1cc2c(cc1OC(B)(B)B)C1CC(=O)C(CC(C)C)CN1CC2. The van der Waals surface area contributed by atoms with Crippen molar-refractivity contribution in [3.8, 4) is 11.5 Å². The van der Waals surface area contributed by atoms with Crippen LogP contribution in [0.15, 0.2) is 12.1 Å². The van der Waals surface area contributed by atoms with Crippen molar-refractivity contribution < 1.29 is 14.3 Å². The lowest BCUT2D eigenvalue weighted by atomic mass is 9.52. The number of rotatable bonds is 6. The lowest BCUT2D eigenvalue weighted by Crippen LogP contribution is -2.46. The summed E-state index contributed by atoms with van der Waals surface area (Å²) in [5.41, 5.74) is 2.54. The Morgan fingerprint density at radius 3 is 2.21 bits per heavy atom. The first-order valence-electron chi connectivity index (χ1n) is 11.1. The van der Waals surface area contributed by atoms with Crippen molar-refractivity contribution in [2.24, 2.45) is 11.8 Å². The zero-order chi connectivity index (χ0) is 21.6. The Labute approximate surface area is 181 Å². The molecule has 0 saturated carbocycles. The summed E-state index contributed by atoms with van der Waals surface area (Å²) in [7, 11) is 12.3. The lowest BCUT2D eigenvalue weighted by molar-refractivity contribution is -0.129. The second kappa shape index (κ2) is 8.17. The molecule has 29 heavy (non-hydrogen) atoms. The van der Waals surface area contributed by atoms with Crippen LogP contribution in [0.1, 0.15) is 43.9 Å². The summed E-state index contributed by atoms with van der Waals surface area (Å²) < 4.78 is 12.6. The van der Waals surface area contributed by atoms with Gasteiger partial charge in [-0.15, -0.1) is 0 Å². The number of carbonyl (C=O) groups excluding carboxylic acids is 1. The van der Waals surface area contributed by atoms with Gasteiger partial charge < -0.3 is 9.47 Å². The van der Waals surface area contributed by atoms with Crippen LogP contribution in [0.25, 0.3) is 0 Å². The molecule has 2 heterocycles. The number of carbonyl (C=O) groups is 1. The summed E-state index contributed by atoms with van der Waals surface area (Å²) in [5.74, 6) is 2.74. The molecule has 150 valence electrons. The van der Waals surface area contributed by atoms with E-state index in [-0.39, 0.29) is 22.6 Å². The maximum absolute atomic E-state index is 12.9. The topological polar surface area (TPSA) is 38.8 Å². The largest absolute Gasteiger partial charge is 0.510 e. The van der Waals surface area contributed by atoms with E-state index >= 15 is 0 Å². The number of benzene rings is 1. The fourth-order valence-electron chi connectivity index (χ4n) is 4.56. The fourth-order valence-corrected chi connectivity index (χ4v) is 4.56. The van der Waals surface area contributed by atoms with E-state index in [2.05, 4.69) is 78.0 Å². The Kier molecular flexibility index (Phi) is 6.34. The summed E-state index contributed by atoms with van der Waals surface area (Å²) >= 11 is 0. The minimum atomic E-state index is -0.316. The number of ether oxygens (including phenoxy) is 2. The molecule has 4 nitrogen and oxygen atoms in total. The first-order valence-corrected chi connectivity index (χ1v) is 11.1. The molecule has 3 rings (SSSR count). The van der Waals surface area contributed by atoms with Crippen LogP contribution >= 0.6 is 0 Å². The van der Waals surface area contributed by atoms with Gasteiger partial charge in [0, 0.05) is 42.1 Å². The highest BCUT2D eigenvalue weighted by Gasteiger charge is 2.39. The Hall–Kier alpha value is -1.16. The second-order valence-electron chi connectivity index (χ2n) is 11.2. The molecule has 0 radical (unpaired) electrons. The predicted octanol–water partition coefficient (Wildman–Crippen LogP) is -3.00. The number of piperidine rings is 1. The van der Waals surface area contributed by atoms with Crippen molar-refractivity contribution in [3.63, 3.8) is 0 Å². The van der Waals surface area contributed by atoms with E-state index in [1.807, 2.05) is 0 Å². The average molecular weight is 388 g/mol. The molecule has 1 saturated heterocycles. The van der Waals surface area contributed by atoms with Crippen LogP contribution in [-0.4, -0.2) is 81.4 Å². The first kappa shape index (κ1) is 22.5. The van der Waals surface area contributed by atoms with Crippen molar-refractivity contribution in [1.29, 1.82) is 0 Å². The van der Waals surface area contributed by atoms with Gasteiger partial charge in [0.05, 0.1) is 0 Å². The average Bonchev–Trinajstić information content (AvgIpc) is 2.53. The smallest absolute Gasteiger partial charge is 0.159 e. The van der Waals surface area contributed by atoms with E-state index in [0.29, 0.717) is 18.1 Å². The molecule has 2 aliphatic heterocycles. The van der Waals surface area contributed by atoms with E-state index < -0.39 is 0 Å². The molecule has 2 atom stereocenters. The van der Waals surface area contributed by atoms with E-state index in [1.54, 1.807) is 0 Å². The molecule has 0 aliphatic carbocycles. The zero-order valence-corrected chi connectivity index (χ0v) is 19.6. The van der Waals surface area contributed by atoms with Gasteiger partial charge in [-0.25, -0.2) is 0 Å². The van der Waals surface area contributed by atoms with Crippen LogP contribution < -0.4 is 9.47 Å². The normalized spacial score (nSPS) is 22.8. The second-order valence-corrected chi connectivity index (χ2v) is 11.2. The highest BCUT2D eigenvalue weighted by atomic mass is 16.5. The number of hydrogen-bond donors (Lipinski definition) is 0. The molecular weight excluding hydrogens is 355 g/mol. The molecule has 1 aromatic carbocycles. The molecule has 2 unspecified atom stereocenters. The Morgan fingerprint density at radius 1 is 1.07 bits per heavy atom. The van der Waals surface area contributed by atoms with Gasteiger partial charge in [0.1, 0.15) is 52.9 Å². The molecule has 0 amide bonds. The van der Waals surface area contributed by atoms with Gasteiger partial charge in [-0.1, -0.05) is 13.8 Å². The van der Waals surface area contributed by atoms with Crippen molar-refractivity contribution in [2.45, 2.75) is 49.7 Å². The number of hydrogen-bond acceptors (Lipinski definition) is 4. The molecule has 0 spiro atoms. The minimum absolute atomic E-state index is 0.167. The molecule has 2 aliphatic rings. The summed E-state index contributed by atoms with van der Waals surface area (Å²) in [6.07, 6.45) is 2.59. The molecule has 0 aromatic heterocycles. The minimum Gasteiger partial charge on any atom is -0.510 e. The number of ketones is 1. The van der Waals surface area contributed by atoms with E-state index in [4.69, 9.17) is 9.47 Å². The van der Waals surface area contributed by atoms with Gasteiger partial charge in [0.15, 0.2) is 11.5 Å². The predicted molar refractivity (Wildman–Crippen MR) is 135 cm³/mol. The lowest BCUT2D eigenvalue weighted by Gasteiger charge is -2.43. The third-order valence-electron chi connectivity index (χ3n) is 5.57. The van der Waals surface area contributed by atoms with Crippen LogP contribution in [-0.2, 0) is 11.2 Å². The van der Waals surface area contributed by atoms with Crippen LogP contribution in [0.3, 0.4) is 0 Å². The van der Waals surface area contributed by atoms with Gasteiger partial charge in [0.2, 0.25) is 0 Å². The molecule has 0 bridgehead atoms. The standard InChI is InChI=1S/C19H33B6NO3/c1-10(2)5-12-9-26-4-3-11-6-16(28-18(20,21)22)17(29-19(23,24)25)7-13(11)14(26)8-15(12)27/h6-7,10,12,14H,3-5,8-9,20-25H2,1-2H3. The molecule has 1 fully saturated rings. The van der Waals surface area contributed by atoms with Crippen LogP contribution in [0.4, 0.5) is 0 Å².